The van der Waals surface area contributed by atoms with Gasteiger partial charge in [-0.15, -0.1) is 0 Å². The molecule has 0 saturated heterocycles. The molecule has 0 aliphatic carbocycles. The Kier molecular flexibility index (Phi) is 10.7. The van der Waals surface area contributed by atoms with Crippen LogP contribution in [0.15, 0.2) is 36.4 Å². The first-order valence-electron chi connectivity index (χ1n) is 10.5. The van der Waals surface area contributed by atoms with Gasteiger partial charge in [-0.1, -0.05) is 63.1 Å². The van der Waals surface area contributed by atoms with E-state index in [4.69, 9.17) is 20.4 Å². The number of carboxylic acids is 3. The van der Waals surface area contributed by atoms with Gasteiger partial charge in [0.2, 0.25) is 0 Å². The van der Waals surface area contributed by atoms with Gasteiger partial charge in [-0.05, 0) is 47.6 Å². The summed E-state index contributed by atoms with van der Waals surface area (Å²) in [5.41, 5.74) is 0.435. The first-order chi connectivity index (χ1) is 14.6. The van der Waals surface area contributed by atoms with E-state index < -0.39 is 36.4 Å². The SMILES string of the molecule is CCCCc1ccc2ccccc2c1CCCC.O=C(O)CC(O)(CC(=O)O)C(=O)O. The molecule has 0 radical (unpaired) electrons. The van der Waals surface area contributed by atoms with Gasteiger partial charge in [0, 0.05) is 0 Å². The molecule has 0 unspecified atom stereocenters. The van der Waals surface area contributed by atoms with Crippen LogP contribution in [0.3, 0.4) is 0 Å². The number of benzene rings is 2. The van der Waals surface area contributed by atoms with Crippen molar-refractivity contribution < 1.29 is 34.8 Å². The van der Waals surface area contributed by atoms with E-state index in [9.17, 15) is 14.4 Å². The van der Waals surface area contributed by atoms with Crippen LogP contribution in [0.2, 0.25) is 0 Å². The van der Waals surface area contributed by atoms with Gasteiger partial charge in [0.05, 0.1) is 12.8 Å². The molecular weight excluding hydrogens is 400 g/mol. The van der Waals surface area contributed by atoms with Crippen molar-refractivity contribution in [1.29, 1.82) is 0 Å². The quantitative estimate of drug-likeness (QED) is 0.417. The zero-order valence-corrected chi connectivity index (χ0v) is 18.1. The van der Waals surface area contributed by atoms with E-state index in [0.717, 1.165) is 0 Å². The molecule has 0 heterocycles. The minimum Gasteiger partial charge on any atom is -0.481 e. The highest BCUT2D eigenvalue weighted by atomic mass is 16.4. The van der Waals surface area contributed by atoms with Crippen LogP contribution in [-0.4, -0.2) is 43.9 Å². The van der Waals surface area contributed by atoms with Crippen molar-refractivity contribution in [2.24, 2.45) is 0 Å². The Morgan fingerprint density at radius 1 is 0.806 bits per heavy atom. The summed E-state index contributed by atoms with van der Waals surface area (Å²) < 4.78 is 0. The van der Waals surface area contributed by atoms with Crippen LogP contribution in [0, 0.1) is 0 Å². The van der Waals surface area contributed by atoms with Crippen molar-refractivity contribution in [3.63, 3.8) is 0 Å². The van der Waals surface area contributed by atoms with Crippen molar-refractivity contribution in [3.05, 3.63) is 47.5 Å². The van der Waals surface area contributed by atoms with Crippen molar-refractivity contribution in [2.75, 3.05) is 0 Å². The van der Waals surface area contributed by atoms with Crippen LogP contribution in [0.1, 0.15) is 63.5 Å². The molecule has 0 fully saturated rings. The lowest BCUT2D eigenvalue weighted by molar-refractivity contribution is -0.170. The number of aryl methyl sites for hydroxylation is 2. The predicted octanol–water partition coefficient (Wildman–Crippen LogP) is 4.28. The molecule has 0 saturated carbocycles. The second kappa shape index (κ2) is 12.7. The molecule has 0 aliphatic rings. The molecule has 0 aliphatic heterocycles. The Hall–Kier alpha value is -2.93. The minimum atomic E-state index is -2.74. The van der Waals surface area contributed by atoms with Gasteiger partial charge >= 0.3 is 17.9 Å². The van der Waals surface area contributed by atoms with E-state index in [1.165, 1.54) is 49.3 Å². The number of aliphatic carboxylic acids is 3. The van der Waals surface area contributed by atoms with E-state index >= 15 is 0 Å². The second-order valence-electron chi connectivity index (χ2n) is 7.61. The lowest BCUT2D eigenvalue weighted by atomic mass is 9.92. The Morgan fingerprint density at radius 2 is 1.35 bits per heavy atom. The lowest BCUT2D eigenvalue weighted by Gasteiger charge is -2.18. The van der Waals surface area contributed by atoms with Crippen LogP contribution in [-0.2, 0) is 27.2 Å². The molecule has 0 bridgehead atoms. The zero-order valence-electron chi connectivity index (χ0n) is 18.1. The van der Waals surface area contributed by atoms with E-state index in [-0.39, 0.29) is 0 Å². The van der Waals surface area contributed by atoms with Gasteiger partial charge in [0.1, 0.15) is 0 Å². The maximum Gasteiger partial charge on any atom is 0.336 e. The van der Waals surface area contributed by atoms with Crippen molar-refractivity contribution in [3.8, 4) is 0 Å². The Morgan fingerprint density at radius 3 is 1.87 bits per heavy atom. The number of unbranched alkanes of at least 4 members (excludes halogenated alkanes) is 2. The molecule has 0 aromatic heterocycles. The van der Waals surface area contributed by atoms with Gasteiger partial charge in [-0.3, -0.25) is 9.59 Å². The summed E-state index contributed by atoms with van der Waals surface area (Å²) in [5, 5.41) is 36.7. The first kappa shape index (κ1) is 26.1. The van der Waals surface area contributed by atoms with Crippen molar-refractivity contribution >= 4 is 28.7 Å². The van der Waals surface area contributed by atoms with Gasteiger partial charge in [-0.25, -0.2) is 4.79 Å². The molecule has 0 atom stereocenters. The number of fused-ring (bicyclic) bond motifs is 1. The van der Waals surface area contributed by atoms with Gasteiger partial charge in [0.25, 0.3) is 0 Å². The molecular formula is C24H32O7. The number of rotatable bonds is 11. The summed E-state index contributed by atoms with van der Waals surface area (Å²) in [6, 6.07) is 13.5. The van der Waals surface area contributed by atoms with Crippen LogP contribution >= 0.6 is 0 Å². The molecule has 4 N–H and O–H groups in total. The first-order valence-corrected chi connectivity index (χ1v) is 10.5. The molecule has 7 heteroatoms. The molecule has 7 nitrogen and oxygen atoms in total. The third-order valence-electron chi connectivity index (χ3n) is 5.00. The Labute approximate surface area is 182 Å². The number of carbonyl (C=O) groups is 3. The number of aliphatic hydroxyl groups is 1. The monoisotopic (exact) mass is 432 g/mol. The molecule has 2 aromatic carbocycles. The third-order valence-corrected chi connectivity index (χ3v) is 5.00. The Bertz CT molecular complexity index is 873. The van der Waals surface area contributed by atoms with Crippen LogP contribution in [0.4, 0.5) is 0 Å². The Balaban J connectivity index is 0.000000330. The predicted molar refractivity (Wildman–Crippen MR) is 118 cm³/mol. The third kappa shape index (κ3) is 8.38. The molecule has 170 valence electrons. The number of hydrogen-bond acceptors (Lipinski definition) is 4. The summed E-state index contributed by atoms with van der Waals surface area (Å²) >= 11 is 0. The highest BCUT2D eigenvalue weighted by Gasteiger charge is 2.40. The van der Waals surface area contributed by atoms with Crippen molar-refractivity contribution in [2.45, 2.75) is 70.8 Å². The van der Waals surface area contributed by atoms with Gasteiger partial charge < -0.3 is 20.4 Å². The summed E-state index contributed by atoms with van der Waals surface area (Å²) in [7, 11) is 0. The van der Waals surface area contributed by atoms with E-state index in [2.05, 4.69) is 50.2 Å². The number of carboxylic acid groups (broad SMARTS) is 3. The zero-order chi connectivity index (χ0) is 23.4. The topological polar surface area (TPSA) is 132 Å². The fraction of sp³-hybridized carbons (Fsp3) is 0.458. The van der Waals surface area contributed by atoms with Gasteiger partial charge in [-0.2, -0.15) is 0 Å². The maximum absolute atomic E-state index is 10.3. The summed E-state index contributed by atoms with van der Waals surface area (Å²) in [6.45, 7) is 4.55. The smallest absolute Gasteiger partial charge is 0.336 e. The maximum atomic E-state index is 10.3. The van der Waals surface area contributed by atoms with Gasteiger partial charge in [0.15, 0.2) is 5.60 Å². The summed E-state index contributed by atoms with van der Waals surface area (Å²) in [4.78, 5) is 30.5. The average molecular weight is 433 g/mol. The molecule has 2 rings (SSSR count). The minimum absolute atomic E-state index is 1.14. The largest absolute Gasteiger partial charge is 0.481 e. The summed E-state index contributed by atoms with van der Waals surface area (Å²) in [5.74, 6) is -5.02. The van der Waals surface area contributed by atoms with Crippen LogP contribution < -0.4 is 0 Å². The van der Waals surface area contributed by atoms with Crippen molar-refractivity contribution in [1.82, 2.24) is 0 Å². The van der Waals surface area contributed by atoms with E-state index in [0.29, 0.717) is 0 Å². The second-order valence-corrected chi connectivity index (χ2v) is 7.61. The summed E-state index contributed by atoms with van der Waals surface area (Å²) in [6.07, 6.45) is 5.33. The molecule has 0 amide bonds. The lowest BCUT2D eigenvalue weighted by Crippen LogP contribution is -2.42. The van der Waals surface area contributed by atoms with Crippen LogP contribution in [0.25, 0.3) is 10.8 Å². The molecule has 2 aromatic rings. The fourth-order valence-electron chi connectivity index (χ4n) is 3.35. The average Bonchev–Trinajstić information content (AvgIpc) is 2.70. The normalized spacial score (nSPS) is 10.9. The standard InChI is InChI=1S/C18H24.C6H8O7/c1-3-5-9-15-13-14-16-10-7-8-12-18(16)17(15)11-6-4-2;7-3(8)1-6(13,5(11)12)2-4(9)10/h7-8,10,12-14H,3-6,9,11H2,1-2H3;13H,1-2H2,(H,7,8)(H,9,10)(H,11,12). The molecule has 31 heavy (non-hydrogen) atoms. The fourth-order valence-corrected chi connectivity index (χ4v) is 3.35. The van der Waals surface area contributed by atoms with E-state index in [1.54, 1.807) is 11.1 Å². The van der Waals surface area contributed by atoms with Crippen LogP contribution in [0.5, 0.6) is 0 Å². The van der Waals surface area contributed by atoms with E-state index in [1.807, 2.05) is 0 Å². The number of hydrogen-bond donors (Lipinski definition) is 4. The highest BCUT2D eigenvalue weighted by Crippen LogP contribution is 2.25. The molecule has 0 spiro atoms. The highest BCUT2D eigenvalue weighted by molar-refractivity contribution is 5.88.